The number of hydrogen-bond acceptors (Lipinski definition) is 4. The van der Waals surface area contributed by atoms with Crippen molar-refractivity contribution in [2.24, 2.45) is 0 Å². The molecule has 6 nitrogen and oxygen atoms in total. The van der Waals surface area contributed by atoms with Gasteiger partial charge in [0.2, 0.25) is 10.0 Å². The highest BCUT2D eigenvalue weighted by Crippen LogP contribution is 2.21. The van der Waals surface area contributed by atoms with Gasteiger partial charge in [-0.2, -0.15) is 4.31 Å². The van der Waals surface area contributed by atoms with E-state index in [1.54, 1.807) is 19.1 Å². The third kappa shape index (κ3) is 4.64. The Balaban J connectivity index is 1.59. The van der Waals surface area contributed by atoms with E-state index in [2.05, 4.69) is 10.2 Å². The Morgan fingerprint density at radius 1 is 1.00 bits per heavy atom. The van der Waals surface area contributed by atoms with Crippen molar-refractivity contribution in [3.63, 3.8) is 0 Å². The number of sulfonamides is 1. The fraction of sp³-hybridized carbons (Fsp3) is 0.316. The first-order valence-electron chi connectivity index (χ1n) is 8.79. The Morgan fingerprint density at radius 2 is 1.59 bits per heavy atom. The van der Waals surface area contributed by atoms with Gasteiger partial charge in [-0.15, -0.1) is 0 Å². The van der Waals surface area contributed by atoms with Crippen molar-refractivity contribution in [1.29, 1.82) is 0 Å². The summed E-state index contributed by atoms with van der Waals surface area (Å²) < 4.78 is 38.3. The predicted octanol–water partition coefficient (Wildman–Crippen LogP) is 2.55. The maximum atomic E-state index is 12.9. The van der Waals surface area contributed by atoms with Crippen LogP contribution in [0.3, 0.4) is 0 Å². The maximum absolute atomic E-state index is 12.9. The van der Waals surface area contributed by atoms with Gasteiger partial charge in [0.25, 0.3) is 5.91 Å². The van der Waals surface area contributed by atoms with Crippen molar-refractivity contribution in [2.45, 2.75) is 6.92 Å². The van der Waals surface area contributed by atoms with Crippen molar-refractivity contribution < 1.29 is 17.6 Å². The standard InChI is InChI=1S/C19H22FN3O3S/c1-2-27(25,26)23-13-11-22(12-14-23)18-9-7-17(8-10-18)21-19(24)15-3-5-16(20)6-4-15/h3-10H,2,11-14H2,1H3,(H,21,24). The third-order valence-corrected chi connectivity index (χ3v) is 6.48. The number of nitrogens with one attached hydrogen (secondary N) is 1. The number of nitrogens with zero attached hydrogens (tertiary/aromatic N) is 2. The van der Waals surface area contributed by atoms with Crippen molar-refractivity contribution in [3.8, 4) is 0 Å². The summed E-state index contributed by atoms with van der Waals surface area (Å²) in [6.07, 6.45) is 0. The van der Waals surface area contributed by atoms with Crippen LogP contribution < -0.4 is 10.2 Å². The molecule has 0 unspecified atom stereocenters. The van der Waals surface area contributed by atoms with Crippen LogP contribution in [-0.4, -0.2) is 50.6 Å². The Kier molecular flexibility index (Phi) is 5.76. The van der Waals surface area contributed by atoms with E-state index >= 15 is 0 Å². The fourth-order valence-electron chi connectivity index (χ4n) is 2.97. The van der Waals surface area contributed by atoms with Crippen LogP contribution in [-0.2, 0) is 10.0 Å². The average Bonchev–Trinajstić information content (AvgIpc) is 2.69. The summed E-state index contributed by atoms with van der Waals surface area (Å²) in [4.78, 5) is 14.3. The van der Waals surface area contributed by atoms with Crippen molar-refractivity contribution >= 4 is 27.3 Å². The molecule has 1 fully saturated rings. The van der Waals surface area contributed by atoms with Gasteiger partial charge in [0, 0.05) is 43.1 Å². The van der Waals surface area contributed by atoms with E-state index in [1.807, 2.05) is 12.1 Å². The van der Waals surface area contributed by atoms with Crippen LogP contribution in [0.4, 0.5) is 15.8 Å². The SMILES string of the molecule is CCS(=O)(=O)N1CCN(c2ccc(NC(=O)c3ccc(F)cc3)cc2)CC1. The van der Waals surface area contributed by atoms with E-state index in [0.29, 0.717) is 37.4 Å². The molecule has 2 aromatic carbocycles. The van der Waals surface area contributed by atoms with Crippen LogP contribution in [0.15, 0.2) is 48.5 Å². The zero-order valence-corrected chi connectivity index (χ0v) is 15.9. The van der Waals surface area contributed by atoms with Gasteiger partial charge < -0.3 is 10.2 Å². The number of piperazine rings is 1. The Hall–Kier alpha value is -2.45. The van der Waals surface area contributed by atoms with E-state index in [4.69, 9.17) is 0 Å². The van der Waals surface area contributed by atoms with E-state index in [-0.39, 0.29) is 17.5 Å². The second-order valence-corrected chi connectivity index (χ2v) is 8.55. The van der Waals surface area contributed by atoms with Gasteiger partial charge in [-0.25, -0.2) is 12.8 Å². The monoisotopic (exact) mass is 391 g/mol. The van der Waals surface area contributed by atoms with Gasteiger partial charge in [-0.3, -0.25) is 4.79 Å². The molecule has 1 aliphatic rings. The molecule has 0 atom stereocenters. The summed E-state index contributed by atoms with van der Waals surface area (Å²) >= 11 is 0. The van der Waals surface area contributed by atoms with Crippen LogP contribution in [0.5, 0.6) is 0 Å². The molecule has 3 rings (SSSR count). The molecule has 1 saturated heterocycles. The highest BCUT2D eigenvalue weighted by atomic mass is 32.2. The molecule has 1 amide bonds. The zero-order valence-electron chi connectivity index (χ0n) is 15.1. The number of anilines is 2. The quantitative estimate of drug-likeness (QED) is 0.851. The Morgan fingerprint density at radius 3 is 2.15 bits per heavy atom. The lowest BCUT2D eigenvalue weighted by atomic mass is 10.2. The van der Waals surface area contributed by atoms with E-state index in [0.717, 1.165) is 5.69 Å². The highest BCUT2D eigenvalue weighted by Gasteiger charge is 2.25. The normalized spacial score (nSPS) is 15.6. The minimum atomic E-state index is -3.14. The van der Waals surface area contributed by atoms with Crippen LogP contribution in [0, 0.1) is 5.82 Å². The fourth-order valence-corrected chi connectivity index (χ4v) is 4.05. The first-order valence-corrected chi connectivity index (χ1v) is 10.4. The van der Waals surface area contributed by atoms with Gasteiger partial charge in [-0.05, 0) is 55.5 Å². The molecular weight excluding hydrogens is 369 g/mol. The minimum Gasteiger partial charge on any atom is -0.369 e. The molecule has 0 radical (unpaired) electrons. The summed E-state index contributed by atoms with van der Waals surface area (Å²) in [6.45, 7) is 3.85. The minimum absolute atomic E-state index is 0.120. The molecule has 0 spiro atoms. The third-order valence-electron chi connectivity index (χ3n) is 4.59. The molecule has 0 saturated carbocycles. The number of carbonyl (C=O) groups is 1. The largest absolute Gasteiger partial charge is 0.369 e. The molecule has 8 heteroatoms. The summed E-state index contributed by atoms with van der Waals surface area (Å²) in [5, 5.41) is 2.77. The van der Waals surface area contributed by atoms with Gasteiger partial charge in [0.1, 0.15) is 5.82 Å². The number of carbonyl (C=O) groups excluding carboxylic acids is 1. The van der Waals surface area contributed by atoms with E-state index in [1.165, 1.54) is 28.6 Å². The second-order valence-electron chi connectivity index (χ2n) is 6.29. The lowest BCUT2D eigenvalue weighted by molar-refractivity contribution is 0.102. The lowest BCUT2D eigenvalue weighted by Gasteiger charge is -2.35. The predicted molar refractivity (Wildman–Crippen MR) is 104 cm³/mol. The van der Waals surface area contributed by atoms with E-state index < -0.39 is 10.0 Å². The molecule has 0 aromatic heterocycles. The van der Waals surface area contributed by atoms with Gasteiger partial charge in [0.15, 0.2) is 0 Å². The molecule has 0 bridgehead atoms. The summed E-state index contributed by atoms with van der Waals surface area (Å²) in [6, 6.07) is 12.7. The first-order chi connectivity index (χ1) is 12.9. The number of benzene rings is 2. The van der Waals surface area contributed by atoms with Crippen molar-refractivity contribution in [2.75, 3.05) is 42.1 Å². The Bertz CT molecular complexity index is 891. The lowest BCUT2D eigenvalue weighted by Crippen LogP contribution is -2.49. The summed E-state index contributed by atoms with van der Waals surface area (Å²) in [5.74, 6) is -0.570. The summed E-state index contributed by atoms with van der Waals surface area (Å²) in [5.41, 5.74) is 2.00. The molecule has 2 aromatic rings. The van der Waals surface area contributed by atoms with Gasteiger partial charge in [-0.1, -0.05) is 0 Å². The molecule has 27 heavy (non-hydrogen) atoms. The average molecular weight is 391 g/mol. The van der Waals surface area contributed by atoms with Gasteiger partial charge >= 0.3 is 0 Å². The Labute approximate surface area is 158 Å². The number of amides is 1. The van der Waals surface area contributed by atoms with Crippen LogP contribution in [0.2, 0.25) is 0 Å². The highest BCUT2D eigenvalue weighted by molar-refractivity contribution is 7.89. The van der Waals surface area contributed by atoms with Crippen molar-refractivity contribution in [3.05, 3.63) is 59.9 Å². The molecule has 1 N–H and O–H groups in total. The van der Waals surface area contributed by atoms with Crippen LogP contribution in [0.25, 0.3) is 0 Å². The summed E-state index contributed by atoms with van der Waals surface area (Å²) in [7, 11) is -3.14. The molecule has 144 valence electrons. The molecule has 1 aliphatic heterocycles. The molecule has 0 aliphatic carbocycles. The van der Waals surface area contributed by atoms with Crippen molar-refractivity contribution in [1.82, 2.24) is 4.31 Å². The van der Waals surface area contributed by atoms with Gasteiger partial charge in [0.05, 0.1) is 5.75 Å². The molecular formula is C19H22FN3O3S. The first kappa shape index (κ1) is 19.3. The maximum Gasteiger partial charge on any atom is 0.255 e. The van der Waals surface area contributed by atoms with Crippen LogP contribution in [0.1, 0.15) is 17.3 Å². The molecule has 1 heterocycles. The topological polar surface area (TPSA) is 69.7 Å². The number of rotatable bonds is 5. The second kappa shape index (κ2) is 8.06. The number of hydrogen-bond donors (Lipinski definition) is 1. The number of halogens is 1. The van der Waals surface area contributed by atoms with Crippen LogP contribution >= 0.6 is 0 Å². The zero-order chi connectivity index (χ0) is 19.4. The smallest absolute Gasteiger partial charge is 0.255 e. The van der Waals surface area contributed by atoms with E-state index in [9.17, 15) is 17.6 Å².